The van der Waals surface area contributed by atoms with E-state index in [9.17, 15) is 14.4 Å². The molecule has 242 valence electrons. The molecule has 0 aliphatic carbocycles. The topological polar surface area (TPSA) is 164 Å². The molecule has 5 aromatic carbocycles. The van der Waals surface area contributed by atoms with E-state index in [4.69, 9.17) is 20.4 Å². The minimum atomic E-state index is -1.10. The summed E-state index contributed by atoms with van der Waals surface area (Å²) in [4.78, 5) is 40.5. The van der Waals surface area contributed by atoms with E-state index in [2.05, 4.69) is 21.1 Å². The molecule has 0 saturated carbocycles. The fourth-order valence-corrected chi connectivity index (χ4v) is 4.81. The number of amides is 2. The lowest BCUT2D eigenvalue weighted by Crippen LogP contribution is -2.34. The van der Waals surface area contributed by atoms with Crippen molar-refractivity contribution in [3.05, 3.63) is 155 Å². The van der Waals surface area contributed by atoms with Crippen molar-refractivity contribution < 1.29 is 29.1 Å². The van der Waals surface area contributed by atoms with Gasteiger partial charge in [-0.25, -0.2) is 4.79 Å². The molecule has 11 heteroatoms. The molecule has 0 heterocycles. The number of methoxy groups -OCH3 is 1. The highest BCUT2D eigenvalue weighted by Crippen LogP contribution is 2.38. The molecule has 1 atom stereocenters. The lowest BCUT2D eigenvalue weighted by Gasteiger charge is -2.24. The largest absolute Gasteiger partial charge is 0.493 e. The number of nitrogens with two attached hydrogens (primary N) is 1. The highest BCUT2D eigenvalue weighted by atomic mass is 16.6. The fourth-order valence-electron chi connectivity index (χ4n) is 4.81. The third-order valence-electron chi connectivity index (χ3n) is 7.31. The van der Waals surface area contributed by atoms with Gasteiger partial charge in [0.05, 0.1) is 18.4 Å². The second kappa shape index (κ2) is 15.6. The lowest BCUT2D eigenvalue weighted by atomic mass is 10.0. The van der Waals surface area contributed by atoms with E-state index in [0.717, 1.165) is 5.56 Å². The number of hydrogen-bond donors (Lipinski definition) is 5. The van der Waals surface area contributed by atoms with Crippen LogP contribution in [0.4, 0.5) is 11.4 Å². The Labute approximate surface area is 277 Å². The molecule has 0 radical (unpaired) electrons. The van der Waals surface area contributed by atoms with Crippen LogP contribution in [0.5, 0.6) is 11.5 Å². The molecular weight excluding hydrogens is 610 g/mol. The maximum Gasteiger partial charge on any atom is 0.343 e. The van der Waals surface area contributed by atoms with Gasteiger partial charge in [0.15, 0.2) is 17.3 Å². The number of hydrogen-bond acceptors (Lipinski definition) is 8. The Morgan fingerprint density at radius 3 is 1.98 bits per heavy atom. The number of carbonyl (C=O) groups is 3. The maximum absolute atomic E-state index is 14.0. The van der Waals surface area contributed by atoms with Crippen LogP contribution < -0.4 is 31.2 Å². The van der Waals surface area contributed by atoms with Crippen molar-refractivity contribution in [2.45, 2.75) is 12.6 Å². The van der Waals surface area contributed by atoms with Crippen molar-refractivity contribution in [1.82, 2.24) is 5.32 Å². The second-order valence-corrected chi connectivity index (χ2v) is 10.5. The van der Waals surface area contributed by atoms with Crippen molar-refractivity contribution in [3.63, 3.8) is 0 Å². The molecule has 0 saturated heterocycles. The second-order valence-electron chi connectivity index (χ2n) is 10.5. The van der Waals surface area contributed by atoms with Crippen LogP contribution in [-0.2, 0) is 11.3 Å². The average Bonchev–Trinajstić information content (AvgIpc) is 3.14. The number of carbonyl (C=O) groups excluding carboxylic acids is 3. The number of rotatable bonds is 12. The first-order valence-corrected chi connectivity index (χ1v) is 14.9. The minimum Gasteiger partial charge on any atom is -0.493 e. The van der Waals surface area contributed by atoms with Crippen LogP contribution in [0.25, 0.3) is 0 Å². The van der Waals surface area contributed by atoms with Gasteiger partial charge in [-0.2, -0.15) is 0 Å². The zero-order valence-electron chi connectivity index (χ0n) is 25.9. The highest BCUT2D eigenvalue weighted by molar-refractivity contribution is 6.05. The van der Waals surface area contributed by atoms with Crippen molar-refractivity contribution in [1.29, 1.82) is 0 Å². The van der Waals surface area contributed by atoms with Crippen LogP contribution in [0, 0.1) is 0 Å². The maximum atomic E-state index is 14.0. The predicted molar refractivity (Wildman–Crippen MR) is 182 cm³/mol. The first kappa shape index (κ1) is 32.8. The van der Waals surface area contributed by atoms with Crippen molar-refractivity contribution >= 4 is 35.0 Å². The third kappa shape index (κ3) is 8.15. The van der Waals surface area contributed by atoms with Crippen LogP contribution in [-0.4, -0.2) is 35.9 Å². The number of anilines is 2. The molecule has 1 unspecified atom stereocenters. The Balaban J connectivity index is 1.58. The minimum absolute atomic E-state index is 0.0324. The van der Waals surface area contributed by atoms with E-state index in [1.807, 2.05) is 30.3 Å². The normalized spacial score (nSPS) is 11.6. The molecule has 0 spiro atoms. The summed E-state index contributed by atoms with van der Waals surface area (Å²) in [6.45, 7) is 0.232. The van der Waals surface area contributed by atoms with Crippen LogP contribution in [0.15, 0.2) is 133 Å². The number of nitrogens with zero attached hydrogens (tertiary/aromatic N) is 1. The van der Waals surface area contributed by atoms with Crippen LogP contribution in [0.2, 0.25) is 0 Å². The van der Waals surface area contributed by atoms with Gasteiger partial charge in [-0.15, -0.1) is 0 Å². The van der Waals surface area contributed by atoms with Crippen molar-refractivity contribution in [3.8, 4) is 11.5 Å². The van der Waals surface area contributed by atoms with Crippen LogP contribution in [0.3, 0.4) is 0 Å². The first-order valence-electron chi connectivity index (χ1n) is 14.9. The van der Waals surface area contributed by atoms with Crippen LogP contribution in [0.1, 0.15) is 43.4 Å². The van der Waals surface area contributed by atoms with E-state index in [1.165, 1.54) is 13.2 Å². The number of benzene rings is 5. The summed E-state index contributed by atoms with van der Waals surface area (Å²) >= 11 is 0. The number of oxime groups is 1. The van der Waals surface area contributed by atoms with Crippen molar-refractivity contribution in [2.24, 2.45) is 10.9 Å². The standard InChI is InChI=1S/C37H33N5O6/c1-47-31-21-29(30(41-35(43)26-13-7-3-8-14-26)22-32(31)48-37(45)27-15-9-4-10-16-27)33(36(44)39-23-24-11-5-2-6-12-24)40-28-19-17-25(18-20-28)34(38)42-46/h2-22,33,40,46H,23H2,1H3,(H2,38,42)(H,39,44)(H,41,43). The first-order chi connectivity index (χ1) is 23.4. The smallest absolute Gasteiger partial charge is 0.343 e. The van der Waals surface area contributed by atoms with Gasteiger partial charge in [0, 0.05) is 35.0 Å². The van der Waals surface area contributed by atoms with Gasteiger partial charge in [-0.05, 0) is 60.2 Å². The number of nitrogens with one attached hydrogen (secondary N) is 3. The summed E-state index contributed by atoms with van der Waals surface area (Å²) < 4.78 is 11.4. The molecule has 48 heavy (non-hydrogen) atoms. The van der Waals surface area contributed by atoms with Gasteiger partial charge < -0.3 is 36.4 Å². The Hall–Kier alpha value is -6.62. The van der Waals surface area contributed by atoms with E-state index in [1.54, 1.807) is 91.0 Å². The molecule has 6 N–H and O–H groups in total. The lowest BCUT2D eigenvalue weighted by molar-refractivity contribution is -0.122. The molecule has 0 aliphatic rings. The quantitative estimate of drug-likeness (QED) is 0.0287. The number of ether oxygens (including phenoxy) is 2. The highest BCUT2D eigenvalue weighted by Gasteiger charge is 2.28. The number of esters is 1. The summed E-state index contributed by atoms with van der Waals surface area (Å²) in [7, 11) is 1.41. The van der Waals surface area contributed by atoms with Crippen LogP contribution >= 0.6 is 0 Å². The molecule has 5 aromatic rings. The molecule has 0 aromatic heterocycles. The summed E-state index contributed by atoms with van der Waals surface area (Å²) in [6.07, 6.45) is 0. The number of amidine groups is 1. The van der Waals surface area contributed by atoms with Gasteiger partial charge in [-0.1, -0.05) is 71.9 Å². The van der Waals surface area contributed by atoms with Gasteiger partial charge in [0.2, 0.25) is 5.91 Å². The average molecular weight is 644 g/mol. The third-order valence-corrected chi connectivity index (χ3v) is 7.31. The van der Waals surface area contributed by atoms with Gasteiger partial charge >= 0.3 is 5.97 Å². The molecule has 0 bridgehead atoms. The molecule has 0 fully saturated rings. The molecule has 5 rings (SSSR count). The zero-order chi connectivity index (χ0) is 33.9. The van der Waals surface area contributed by atoms with E-state index < -0.39 is 23.8 Å². The Morgan fingerprint density at radius 2 is 1.38 bits per heavy atom. The SMILES string of the molecule is COc1cc(C(Nc2ccc(/C(N)=N/O)cc2)C(=O)NCc2ccccc2)c(NC(=O)c2ccccc2)cc1OC(=O)c1ccccc1. The summed E-state index contributed by atoms with van der Waals surface area (Å²) in [5.74, 6) is -1.40. The Bertz CT molecular complexity index is 1900. The molecule has 2 amide bonds. The summed E-state index contributed by atoms with van der Waals surface area (Å²) in [5.41, 5.74) is 8.81. The fraction of sp³-hybridized carbons (Fsp3) is 0.0811. The predicted octanol–water partition coefficient (Wildman–Crippen LogP) is 5.73. The Morgan fingerprint density at radius 1 is 0.771 bits per heavy atom. The van der Waals surface area contributed by atoms with E-state index >= 15 is 0 Å². The van der Waals surface area contributed by atoms with E-state index in [-0.39, 0.29) is 29.6 Å². The summed E-state index contributed by atoms with van der Waals surface area (Å²) in [6, 6.07) is 34.9. The summed E-state index contributed by atoms with van der Waals surface area (Å²) in [5, 5.41) is 21.2. The van der Waals surface area contributed by atoms with Gasteiger partial charge in [0.25, 0.3) is 5.91 Å². The Kier molecular flexibility index (Phi) is 10.6. The zero-order valence-corrected chi connectivity index (χ0v) is 25.9. The molecule has 0 aliphatic heterocycles. The van der Waals surface area contributed by atoms with E-state index in [0.29, 0.717) is 27.9 Å². The van der Waals surface area contributed by atoms with Crippen molar-refractivity contribution in [2.75, 3.05) is 17.7 Å². The van der Waals surface area contributed by atoms with Gasteiger partial charge in [0.1, 0.15) is 6.04 Å². The molecule has 11 nitrogen and oxygen atoms in total. The monoisotopic (exact) mass is 643 g/mol. The van der Waals surface area contributed by atoms with Gasteiger partial charge in [-0.3, -0.25) is 9.59 Å². The molecular formula is C37H33N5O6.